The zero-order valence-corrected chi connectivity index (χ0v) is 22.0. The Kier molecular flexibility index (Phi) is 15.9. The van der Waals surface area contributed by atoms with Crippen molar-refractivity contribution in [3.63, 3.8) is 0 Å². The number of benzene rings is 1. The van der Waals surface area contributed by atoms with E-state index < -0.39 is 0 Å². The minimum absolute atomic E-state index is 0. The van der Waals surface area contributed by atoms with Crippen molar-refractivity contribution in [3.8, 4) is 11.5 Å². The van der Waals surface area contributed by atoms with Crippen molar-refractivity contribution in [3.05, 3.63) is 23.8 Å². The van der Waals surface area contributed by atoms with Crippen LogP contribution in [0.3, 0.4) is 0 Å². The number of rotatable bonds is 13. The number of aliphatic imine (C=N–C) groups is 1. The molecule has 1 aromatic carbocycles. The number of nitrogens with zero attached hydrogens (tertiary/aromatic N) is 2. The molecule has 0 fully saturated rings. The highest BCUT2D eigenvalue weighted by molar-refractivity contribution is 14.0. The summed E-state index contributed by atoms with van der Waals surface area (Å²) in [5.41, 5.74) is 1.03. The van der Waals surface area contributed by atoms with Gasteiger partial charge in [0.1, 0.15) is 6.54 Å². The predicted octanol–water partition coefficient (Wildman–Crippen LogP) is 3.21. The third-order valence-electron chi connectivity index (χ3n) is 4.25. The molecule has 0 radical (unpaired) electrons. The molecule has 0 aliphatic carbocycles. The monoisotopic (exact) mass is 550 g/mol. The SMILES string of the molecule is CCOCCCNC(=NCC(=O)N(C)C)NC(C)c1ccc(OCC)c(OCC)c1.I. The first-order valence-corrected chi connectivity index (χ1v) is 10.6. The van der Waals surface area contributed by atoms with Gasteiger partial charge in [-0.25, -0.2) is 4.99 Å². The number of guanidine groups is 1. The Bertz CT molecular complexity index is 671. The van der Waals surface area contributed by atoms with E-state index in [1.807, 2.05) is 45.9 Å². The first-order chi connectivity index (χ1) is 14.4. The summed E-state index contributed by atoms with van der Waals surface area (Å²) in [5.74, 6) is 1.98. The summed E-state index contributed by atoms with van der Waals surface area (Å²) in [6, 6.07) is 5.85. The molecule has 8 nitrogen and oxygen atoms in total. The molecular formula is C22H39IN4O4. The van der Waals surface area contributed by atoms with Gasteiger partial charge in [-0.1, -0.05) is 6.07 Å². The summed E-state index contributed by atoms with van der Waals surface area (Å²) < 4.78 is 16.7. The highest BCUT2D eigenvalue weighted by atomic mass is 127. The van der Waals surface area contributed by atoms with E-state index in [9.17, 15) is 4.79 Å². The lowest BCUT2D eigenvalue weighted by Crippen LogP contribution is -2.40. The van der Waals surface area contributed by atoms with Crippen molar-refractivity contribution in [2.24, 2.45) is 4.99 Å². The van der Waals surface area contributed by atoms with E-state index in [-0.39, 0.29) is 42.5 Å². The van der Waals surface area contributed by atoms with Crippen LogP contribution < -0.4 is 20.1 Å². The van der Waals surface area contributed by atoms with Crippen molar-refractivity contribution < 1.29 is 19.0 Å². The molecule has 0 saturated heterocycles. The maximum absolute atomic E-state index is 11.9. The third-order valence-corrected chi connectivity index (χ3v) is 4.25. The minimum atomic E-state index is -0.0576. The summed E-state index contributed by atoms with van der Waals surface area (Å²) in [7, 11) is 3.44. The predicted molar refractivity (Wildman–Crippen MR) is 136 cm³/mol. The highest BCUT2D eigenvalue weighted by Crippen LogP contribution is 2.30. The Morgan fingerprint density at radius 3 is 2.39 bits per heavy atom. The Balaban J connectivity index is 0.00000900. The number of hydrogen-bond donors (Lipinski definition) is 2. The van der Waals surface area contributed by atoms with Crippen molar-refractivity contribution in [2.75, 3.05) is 53.6 Å². The molecule has 0 heterocycles. The maximum atomic E-state index is 11.9. The summed E-state index contributed by atoms with van der Waals surface area (Å²) in [6.45, 7) is 11.2. The van der Waals surface area contributed by atoms with E-state index in [1.54, 1.807) is 14.1 Å². The highest BCUT2D eigenvalue weighted by Gasteiger charge is 2.13. The maximum Gasteiger partial charge on any atom is 0.243 e. The summed E-state index contributed by atoms with van der Waals surface area (Å²) in [4.78, 5) is 17.9. The minimum Gasteiger partial charge on any atom is -0.490 e. The van der Waals surface area contributed by atoms with Gasteiger partial charge in [0.15, 0.2) is 17.5 Å². The third kappa shape index (κ3) is 11.4. The van der Waals surface area contributed by atoms with Crippen LogP contribution in [0.2, 0.25) is 0 Å². The number of carbonyl (C=O) groups is 1. The molecule has 1 atom stereocenters. The quantitative estimate of drug-likeness (QED) is 0.170. The van der Waals surface area contributed by atoms with Crippen LogP contribution >= 0.6 is 24.0 Å². The van der Waals surface area contributed by atoms with E-state index in [0.29, 0.717) is 38.9 Å². The molecule has 0 bridgehead atoms. The number of amides is 1. The van der Waals surface area contributed by atoms with Crippen molar-refractivity contribution in [1.29, 1.82) is 0 Å². The van der Waals surface area contributed by atoms with Gasteiger partial charge < -0.3 is 29.7 Å². The van der Waals surface area contributed by atoms with E-state index in [1.165, 1.54) is 4.90 Å². The second kappa shape index (κ2) is 16.9. The van der Waals surface area contributed by atoms with Gasteiger partial charge in [-0.05, 0) is 51.8 Å². The van der Waals surface area contributed by atoms with E-state index >= 15 is 0 Å². The van der Waals surface area contributed by atoms with Crippen LogP contribution in [0.5, 0.6) is 11.5 Å². The van der Waals surface area contributed by atoms with Gasteiger partial charge in [-0.2, -0.15) is 0 Å². The van der Waals surface area contributed by atoms with Crippen LogP contribution in [-0.2, 0) is 9.53 Å². The fourth-order valence-electron chi connectivity index (χ4n) is 2.59. The normalized spacial score (nSPS) is 11.9. The number of halogens is 1. The van der Waals surface area contributed by atoms with Crippen LogP contribution in [0, 0.1) is 0 Å². The molecule has 1 amide bonds. The van der Waals surface area contributed by atoms with Gasteiger partial charge in [0.25, 0.3) is 0 Å². The molecule has 1 rings (SSSR count). The van der Waals surface area contributed by atoms with Gasteiger partial charge >= 0.3 is 0 Å². The van der Waals surface area contributed by atoms with Crippen molar-refractivity contribution in [1.82, 2.24) is 15.5 Å². The number of nitrogens with one attached hydrogen (secondary N) is 2. The van der Waals surface area contributed by atoms with E-state index in [0.717, 1.165) is 23.5 Å². The van der Waals surface area contributed by atoms with E-state index in [4.69, 9.17) is 14.2 Å². The molecule has 178 valence electrons. The lowest BCUT2D eigenvalue weighted by Gasteiger charge is -2.20. The molecule has 9 heteroatoms. The Morgan fingerprint density at radius 1 is 1.10 bits per heavy atom. The Hall–Kier alpha value is -1.75. The number of carbonyl (C=O) groups excluding carboxylic acids is 1. The van der Waals surface area contributed by atoms with Gasteiger partial charge in [-0.15, -0.1) is 24.0 Å². The van der Waals surface area contributed by atoms with Crippen LogP contribution in [0.4, 0.5) is 0 Å². The number of likely N-dealkylation sites (N-methyl/N-ethyl adjacent to an activating group) is 1. The summed E-state index contributed by atoms with van der Waals surface area (Å²) in [5, 5.41) is 6.65. The lowest BCUT2D eigenvalue weighted by molar-refractivity contribution is -0.127. The number of hydrogen-bond acceptors (Lipinski definition) is 5. The van der Waals surface area contributed by atoms with Gasteiger partial charge in [-0.3, -0.25) is 4.79 Å². The molecule has 0 saturated carbocycles. The molecule has 0 spiro atoms. The molecular weight excluding hydrogens is 511 g/mol. The Labute approximate surface area is 204 Å². The van der Waals surface area contributed by atoms with E-state index in [2.05, 4.69) is 15.6 Å². The summed E-state index contributed by atoms with van der Waals surface area (Å²) >= 11 is 0. The molecule has 0 aliphatic heterocycles. The van der Waals surface area contributed by atoms with Gasteiger partial charge in [0.2, 0.25) is 5.91 Å². The first kappa shape index (κ1) is 29.2. The second-order valence-corrected chi connectivity index (χ2v) is 6.87. The Morgan fingerprint density at radius 2 is 1.77 bits per heavy atom. The molecule has 2 N–H and O–H groups in total. The van der Waals surface area contributed by atoms with Crippen LogP contribution in [-0.4, -0.2) is 70.4 Å². The van der Waals surface area contributed by atoms with Crippen LogP contribution in [0.25, 0.3) is 0 Å². The average Bonchev–Trinajstić information content (AvgIpc) is 2.72. The summed E-state index contributed by atoms with van der Waals surface area (Å²) in [6.07, 6.45) is 0.849. The van der Waals surface area contributed by atoms with Crippen molar-refractivity contribution >= 4 is 35.8 Å². The van der Waals surface area contributed by atoms with Crippen LogP contribution in [0.15, 0.2) is 23.2 Å². The average molecular weight is 550 g/mol. The lowest BCUT2D eigenvalue weighted by atomic mass is 10.1. The fraction of sp³-hybridized carbons (Fsp3) is 0.636. The molecule has 0 aliphatic rings. The second-order valence-electron chi connectivity index (χ2n) is 6.87. The topological polar surface area (TPSA) is 84.4 Å². The number of ether oxygens (including phenoxy) is 3. The fourth-order valence-corrected chi connectivity index (χ4v) is 2.59. The largest absolute Gasteiger partial charge is 0.490 e. The zero-order chi connectivity index (χ0) is 22.4. The molecule has 1 aromatic rings. The van der Waals surface area contributed by atoms with Crippen LogP contribution in [0.1, 0.15) is 45.7 Å². The smallest absolute Gasteiger partial charge is 0.243 e. The van der Waals surface area contributed by atoms with Gasteiger partial charge in [0, 0.05) is 33.9 Å². The molecule has 1 unspecified atom stereocenters. The van der Waals surface area contributed by atoms with Crippen molar-refractivity contribution in [2.45, 2.75) is 40.2 Å². The standard InChI is InChI=1S/C22H38N4O4.HI/c1-7-28-14-10-13-23-22(24-16-21(27)26(5)6)25-17(4)18-11-12-19(29-8-2)20(15-18)30-9-3;/h11-12,15,17H,7-10,13-14,16H2,1-6H3,(H2,23,24,25);1H. The molecule has 0 aromatic heterocycles. The first-order valence-electron chi connectivity index (χ1n) is 10.6. The molecule has 31 heavy (non-hydrogen) atoms. The zero-order valence-electron chi connectivity index (χ0n) is 19.7. The van der Waals surface area contributed by atoms with Gasteiger partial charge in [0.05, 0.1) is 19.3 Å².